The van der Waals surface area contributed by atoms with Crippen molar-refractivity contribution in [1.29, 1.82) is 5.26 Å². The summed E-state index contributed by atoms with van der Waals surface area (Å²) < 4.78 is 14.3. The fourth-order valence-electron chi connectivity index (χ4n) is 1.61. The maximum atomic E-state index is 12.8. The number of hydrogen-bond acceptors (Lipinski definition) is 4. The number of benzene rings is 1. The second-order valence-electron chi connectivity index (χ2n) is 3.64. The van der Waals surface area contributed by atoms with Gasteiger partial charge in [-0.05, 0) is 31.2 Å². The number of nitrogens with one attached hydrogen (secondary N) is 1. The van der Waals surface area contributed by atoms with Gasteiger partial charge in [-0.15, -0.1) is 5.10 Å². The first-order valence-corrected chi connectivity index (χ1v) is 5.45. The summed E-state index contributed by atoms with van der Waals surface area (Å²) in [5, 5.41) is 16.2. The average Bonchev–Trinajstić information content (AvgIpc) is 2.67. The van der Waals surface area contributed by atoms with Gasteiger partial charge in [0.25, 0.3) is 0 Å². The van der Waals surface area contributed by atoms with Crippen LogP contribution in [0, 0.1) is 17.1 Å². The van der Waals surface area contributed by atoms with Crippen LogP contribution in [0.1, 0.15) is 12.5 Å². The molecule has 1 aromatic heterocycles. The lowest BCUT2D eigenvalue weighted by Gasteiger charge is -2.02. The number of nitriles is 1. The molecule has 0 unspecified atom stereocenters. The van der Waals surface area contributed by atoms with E-state index in [9.17, 15) is 4.39 Å². The summed E-state index contributed by atoms with van der Waals surface area (Å²) >= 11 is 0. The molecule has 0 spiro atoms. The lowest BCUT2D eigenvalue weighted by molar-refractivity contribution is 0.627. The lowest BCUT2D eigenvalue weighted by atomic mass is 10.3. The molecule has 6 heteroatoms. The van der Waals surface area contributed by atoms with E-state index < -0.39 is 0 Å². The van der Waals surface area contributed by atoms with Crippen molar-refractivity contribution in [2.75, 3.05) is 17.6 Å². The smallest absolute Gasteiger partial charge is 0.168 e. The molecule has 0 saturated heterocycles. The molecule has 0 aliphatic carbocycles. The quantitative estimate of drug-likeness (QED) is 0.865. The summed E-state index contributed by atoms with van der Waals surface area (Å²) in [6, 6.07) is 7.74. The monoisotopic (exact) mass is 245 g/mol. The molecular formula is C12H12FN5. The van der Waals surface area contributed by atoms with E-state index in [1.165, 1.54) is 16.8 Å². The zero-order chi connectivity index (χ0) is 13.1. The Bertz CT molecular complexity index is 594. The average molecular weight is 245 g/mol. The van der Waals surface area contributed by atoms with Crippen molar-refractivity contribution in [3.8, 4) is 11.8 Å². The highest BCUT2D eigenvalue weighted by Gasteiger charge is 2.15. The van der Waals surface area contributed by atoms with Gasteiger partial charge < -0.3 is 11.1 Å². The Morgan fingerprint density at radius 3 is 2.67 bits per heavy atom. The number of hydrogen-bond donors (Lipinski definition) is 2. The van der Waals surface area contributed by atoms with Crippen LogP contribution in [-0.2, 0) is 0 Å². The minimum atomic E-state index is -0.336. The number of nitrogens with two attached hydrogens (primary N) is 1. The van der Waals surface area contributed by atoms with Crippen molar-refractivity contribution in [3.63, 3.8) is 0 Å². The molecule has 2 rings (SSSR count). The van der Waals surface area contributed by atoms with Gasteiger partial charge in [-0.3, -0.25) is 0 Å². The second-order valence-corrected chi connectivity index (χ2v) is 3.64. The number of rotatable bonds is 3. The van der Waals surface area contributed by atoms with Crippen molar-refractivity contribution >= 4 is 11.6 Å². The third-order valence-corrected chi connectivity index (χ3v) is 2.45. The van der Waals surface area contributed by atoms with Crippen LogP contribution in [0.3, 0.4) is 0 Å². The Balaban J connectivity index is 2.52. The van der Waals surface area contributed by atoms with E-state index in [2.05, 4.69) is 10.4 Å². The molecule has 1 heterocycles. The number of nitrogens with zero attached hydrogens (tertiary/aromatic N) is 3. The summed E-state index contributed by atoms with van der Waals surface area (Å²) in [5.74, 6) is 0.332. The highest BCUT2D eigenvalue weighted by Crippen LogP contribution is 2.23. The van der Waals surface area contributed by atoms with E-state index in [-0.39, 0.29) is 11.6 Å². The van der Waals surface area contributed by atoms with Gasteiger partial charge in [0.2, 0.25) is 0 Å². The van der Waals surface area contributed by atoms with Gasteiger partial charge in [-0.2, -0.15) is 5.26 Å². The molecule has 0 aliphatic rings. The van der Waals surface area contributed by atoms with Crippen LogP contribution in [0.15, 0.2) is 24.3 Å². The Morgan fingerprint density at radius 1 is 1.44 bits per heavy atom. The first-order chi connectivity index (χ1) is 8.67. The molecule has 0 bridgehead atoms. The fraction of sp³-hybridized carbons (Fsp3) is 0.167. The summed E-state index contributed by atoms with van der Waals surface area (Å²) in [4.78, 5) is 0. The van der Waals surface area contributed by atoms with Gasteiger partial charge in [0.15, 0.2) is 5.82 Å². The molecular weight excluding hydrogens is 233 g/mol. The summed E-state index contributed by atoms with van der Waals surface area (Å²) in [6.45, 7) is 2.53. The minimum absolute atomic E-state index is 0.236. The zero-order valence-electron chi connectivity index (χ0n) is 9.81. The molecule has 0 saturated carbocycles. The lowest BCUT2D eigenvalue weighted by Crippen LogP contribution is -2.02. The first-order valence-electron chi connectivity index (χ1n) is 5.45. The van der Waals surface area contributed by atoms with E-state index in [4.69, 9.17) is 11.0 Å². The first kappa shape index (κ1) is 11.9. The predicted molar refractivity (Wildman–Crippen MR) is 66.8 cm³/mol. The van der Waals surface area contributed by atoms with E-state index in [0.29, 0.717) is 23.6 Å². The standard InChI is InChI=1S/C12H12FN5/c1-2-16-12-10(7-14)11(15)18(17-12)9-5-3-8(13)4-6-9/h3-6H,2,15H2,1H3,(H,16,17). The maximum absolute atomic E-state index is 12.8. The molecule has 0 fully saturated rings. The van der Waals surface area contributed by atoms with Crippen LogP contribution in [0.4, 0.5) is 16.0 Å². The van der Waals surface area contributed by atoms with Gasteiger partial charge in [0, 0.05) is 6.54 Å². The minimum Gasteiger partial charge on any atom is -0.382 e. The maximum Gasteiger partial charge on any atom is 0.168 e. The van der Waals surface area contributed by atoms with E-state index in [0.717, 1.165) is 0 Å². The predicted octanol–water partition coefficient (Wildman–Crippen LogP) is 1.90. The molecule has 1 aromatic carbocycles. The molecule has 0 aliphatic heterocycles. The molecule has 0 radical (unpaired) electrons. The molecule has 2 aromatic rings. The van der Waals surface area contributed by atoms with Crippen LogP contribution in [0.5, 0.6) is 0 Å². The van der Waals surface area contributed by atoms with Crippen molar-refractivity contribution in [2.45, 2.75) is 6.92 Å². The third kappa shape index (κ3) is 1.98. The van der Waals surface area contributed by atoms with Crippen LogP contribution in [0.2, 0.25) is 0 Å². The van der Waals surface area contributed by atoms with Crippen LogP contribution in [-0.4, -0.2) is 16.3 Å². The molecule has 5 nitrogen and oxygen atoms in total. The Kier molecular flexibility index (Phi) is 3.15. The SMILES string of the molecule is CCNc1nn(-c2ccc(F)cc2)c(N)c1C#N. The van der Waals surface area contributed by atoms with Gasteiger partial charge in [-0.1, -0.05) is 0 Å². The highest BCUT2D eigenvalue weighted by molar-refractivity contribution is 5.66. The Hall–Kier alpha value is -2.55. The molecule has 0 amide bonds. The molecule has 3 N–H and O–H groups in total. The van der Waals surface area contributed by atoms with Crippen molar-refractivity contribution in [1.82, 2.24) is 9.78 Å². The third-order valence-electron chi connectivity index (χ3n) is 2.45. The Labute approximate surface area is 104 Å². The highest BCUT2D eigenvalue weighted by atomic mass is 19.1. The second kappa shape index (κ2) is 4.75. The van der Waals surface area contributed by atoms with E-state index >= 15 is 0 Å². The number of nitrogen functional groups attached to an aromatic ring is 1. The van der Waals surface area contributed by atoms with Gasteiger partial charge in [0.05, 0.1) is 5.69 Å². The number of anilines is 2. The van der Waals surface area contributed by atoms with E-state index in [1.54, 1.807) is 12.1 Å². The van der Waals surface area contributed by atoms with Crippen molar-refractivity contribution < 1.29 is 4.39 Å². The van der Waals surface area contributed by atoms with Crippen molar-refractivity contribution in [2.24, 2.45) is 0 Å². The molecule has 18 heavy (non-hydrogen) atoms. The van der Waals surface area contributed by atoms with Crippen LogP contribution < -0.4 is 11.1 Å². The van der Waals surface area contributed by atoms with Crippen molar-refractivity contribution in [3.05, 3.63) is 35.6 Å². The molecule has 0 atom stereocenters. The summed E-state index contributed by atoms with van der Waals surface area (Å²) in [7, 11) is 0. The van der Waals surface area contributed by atoms with Crippen LogP contribution in [0.25, 0.3) is 5.69 Å². The number of halogens is 1. The largest absolute Gasteiger partial charge is 0.382 e. The van der Waals surface area contributed by atoms with Gasteiger partial charge in [0.1, 0.15) is 23.3 Å². The topological polar surface area (TPSA) is 79.7 Å². The van der Waals surface area contributed by atoms with Gasteiger partial charge in [-0.25, -0.2) is 9.07 Å². The Morgan fingerprint density at radius 2 is 2.11 bits per heavy atom. The van der Waals surface area contributed by atoms with E-state index in [1.807, 2.05) is 13.0 Å². The van der Waals surface area contributed by atoms with Crippen LogP contribution >= 0.6 is 0 Å². The summed E-state index contributed by atoms with van der Waals surface area (Å²) in [6.07, 6.45) is 0. The normalized spacial score (nSPS) is 10.1. The van der Waals surface area contributed by atoms with Gasteiger partial charge >= 0.3 is 0 Å². The molecule has 92 valence electrons. The summed E-state index contributed by atoms with van der Waals surface area (Å²) in [5.41, 5.74) is 6.76. The fourth-order valence-corrected chi connectivity index (χ4v) is 1.61. The number of aromatic nitrogens is 2. The zero-order valence-corrected chi connectivity index (χ0v) is 9.81.